The van der Waals surface area contributed by atoms with Gasteiger partial charge in [-0.05, 0) is 37.1 Å². The fourth-order valence-electron chi connectivity index (χ4n) is 4.21. The van der Waals surface area contributed by atoms with Crippen LogP contribution in [0.15, 0.2) is 51.7 Å². The van der Waals surface area contributed by atoms with Gasteiger partial charge in [-0.25, -0.2) is 4.39 Å². The van der Waals surface area contributed by atoms with E-state index in [1.165, 1.54) is 17.0 Å². The zero-order chi connectivity index (χ0) is 20.1. The van der Waals surface area contributed by atoms with E-state index in [-0.39, 0.29) is 45.9 Å². The zero-order valence-electron chi connectivity index (χ0n) is 15.4. The average Bonchev–Trinajstić information content (AvgIpc) is 3.31. The molecule has 0 bridgehead atoms. The van der Waals surface area contributed by atoms with Gasteiger partial charge in [0.25, 0.3) is 5.91 Å². The molecule has 0 aliphatic carbocycles. The molecule has 7 heteroatoms. The molecule has 2 aromatic carbocycles. The van der Waals surface area contributed by atoms with Crippen molar-refractivity contribution in [1.82, 2.24) is 4.90 Å². The van der Waals surface area contributed by atoms with Crippen LogP contribution in [-0.4, -0.2) is 30.1 Å². The van der Waals surface area contributed by atoms with Gasteiger partial charge in [0.05, 0.1) is 23.1 Å². The second-order valence-corrected chi connectivity index (χ2v) is 7.77. The fraction of sp³-hybridized carbons (Fsp3) is 0.273. The average molecular weight is 414 g/mol. The van der Waals surface area contributed by atoms with E-state index < -0.39 is 17.8 Å². The van der Waals surface area contributed by atoms with Crippen LogP contribution in [0.4, 0.5) is 4.39 Å². The summed E-state index contributed by atoms with van der Waals surface area (Å²) in [5, 5.41) is 0.650. The molecule has 3 aromatic rings. The molecule has 0 N–H and O–H groups in total. The van der Waals surface area contributed by atoms with Crippen molar-refractivity contribution in [2.45, 2.75) is 25.0 Å². The van der Waals surface area contributed by atoms with E-state index in [1.807, 2.05) is 0 Å². The topological polar surface area (TPSA) is 59.8 Å². The van der Waals surface area contributed by atoms with Crippen LogP contribution in [0.2, 0.25) is 5.02 Å². The van der Waals surface area contributed by atoms with Gasteiger partial charge in [-0.15, -0.1) is 0 Å². The van der Waals surface area contributed by atoms with Gasteiger partial charge >= 0.3 is 0 Å². The SMILES string of the molecule is O=C1c2oc3ccc(Cl)cc3c(=O)c2[C@@H](c2ccccc2F)N1C[C@@H]1CCCO1. The maximum atomic E-state index is 14.7. The Morgan fingerprint density at radius 2 is 2.00 bits per heavy atom. The van der Waals surface area contributed by atoms with E-state index in [4.69, 9.17) is 20.8 Å². The van der Waals surface area contributed by atoms with Crippen LogP contribution in [-0.2, 0) is 4.74 Å². The van der Waals surface area contributed by atoms with E-state index in [0.29, 0.717) is 11.6 Å². The molecule has 0 spiro atoms. The smallest absolute Gasteiger partial charge is 0.291 e. The molecule has 2 atom stereocenters. The zero-order valence-corrected chi connectivity index (χ0v) is 16.1. The summed E-state index contributed by atoms with van der Waals surface area (Å²) in [6.07, 6.45) is 1.56. The number of halogens is 2. The van der Waals surface area contributed by atoms with Crippen molar-refractivity contribution in [3.05, 3.63) is 80.4 Å². The van der Waals surface area contributed by atoms with Crippen molar-refractivity contribution in [2.24, 2.45) is 0 Å². The molecule has 2 aliphatic rings. The molecule has 0 unspecified atom stereocenters. The third kappa shape index (κ3) is 2.94. The lowest BCUT2D eigenvalue weighted by atomic mass is 9.98. The van der Waals surface area contributed by atoms with Crippen molar-refractivity contribution in [2.75, 3.05) is 13.2 Å². The number of fused-ring (bicyclic) bond motifs is 2. The van der Waals surface area contributed by atoms with Crippen LogP contribution in [0, 0.1) is 5.82 Å². The van der Waals surface area contributed by atoms with E-state index in [0.717, 1.165) is 12.8 Å². The Bertz CT molecular complexity index is 1190. The summed E-state index contributed by atoms with van der Waals surface area (Å²) in [5.41, 5.74) is 0.303. The fourth-order valence-corrected chi connectivity index (χ4v) is 4.38. The molecule has 1 saturated heterocycles. The summed E-state index contributed by atoms with van der Waals surface area (Å²) < 4.78 is 26.2. The second-order valence-electron chi connectivity index (χ2n) is 7.33. The van der Waals surface area contributed by atoms with E-state index in [1.54, 1.807) is 30.3 Å². The van der Waals surface area contributed by atoms with Gasteiger partial charge in [-0.1, -0.05) is 29.8 Å². The summed E-state index contributed by atoms with van der Waals surface area (Å²) >= 11 is 6.06. The van der Waals surface area contributed by atoms with Crippen LogP contribution in [0.5, 0.6) is 0 Å². The van der Waals surface area contributed by atoms with Crippen molar-refractivity contribution in [3.63, 3.8) is 0 Å². The Kier molecular flexibility index (Phi) is 4.41. The van der Waals surface area contributed by atoms with E-state index in [2.05, 4.69) is 0 Å². The Morgan fingerprint density at radius 1 is 1.17 bits per heavy atom. The summed E-state index contributed by atoms with van der Waals surface area (Å²) in [5.74, 6) is -0.963. The van der Waals surface area contributed by atoms with Crippen molar-refractivity contribution in [1.29, 1.82) is 0 Å². The van der Waals surface area contributed by atoms with Crippen molar-refractivity contribution >= 4 is 28.5 Å². The predicted molar refractivity (Wildman–Crippen MR) is 106 cm³/mol. The minimum absolute atomic E-state index is 0.0453. The molecule has 2 aliphatic heterocycles. The van der Waals surface area contributed by atoms with Crippen LogP contribution in [0.25, 0.3) is 11.0 Å². The number of amides is 1. The first kappa shape index (κ1) is 18.3. The van der Waals surface area contributed by atoms with Crippen LogP contribution < -0.4 is 5.43 Å². The number of carbonyl (C=O) groups excluding carboxylic acids is 1. The van der Waals surface area contributed by atoms with Crippen molar-refractivity contribution in [3.8, 4) is 0 Å². The summed E-state index contributed by atoms with van der Waals surface area (Å²) in [6.45, 7) is 0.891. The second kappa shape index (κ2) is 6.97. The maximum absolute atomic E-state index is 14.7. The van der Waals surface area contributed by atoms with Gasteiger partial charge in [0, 0.05) is 23.7 Å². The number of nitrogens with zero attached hydrogens (tertiary/aromatic N) is 1. The minimum atomic E-state index is -0.873. The van der Waals surface area contributed by atoms with E-state index >= 15 is 0 Å². The normalized spacial score (nSPS) is 21.2. The molecule has 5 nitrogen and oxygen atoms in total. The van der Waals surface area contributed by atoms with Gasteiger partial charge in [-0.3, -0.25) is 9.59 Å². The number of rotatable bonds is 3. The van der Waals surface area contributed by atoms with Crippen LogP contribution >= 0.6 is 11.6 Å². The highest BCUT2D eigenvalue weighted by atomic mass is 35.5. The number of hydrogen-bond donors (Lipinski definition) is 0. The predicted octanol–water partition coefficient (Wildman–Crippen LogP) is 4.31. The summed E-state index contributed by atoms with van der Waals surface area (Å²) in [4.78, 5) is 28.1. The minimum Gasteiger partial charge on any atom is -0.450 e. The molecule has 3 heterocycles. The lowest BCUT2D eigenvalue weighted by Crippen LogP contribution is -2.36. The number of carbonyl (C=O) groups is 1. The Balaban J connectivity index is 1.74. The largest absolute Gasteiger partial charge is 0.450 e. The molecule has 1 fully saturated rings. The molecule has 1 aromatic heterocycles. The quantitative estimate of drug-likeness (QED) is 0.642. The number of ether oxygens (including phenoxy) is 1. The highest BCUT2D eigenvalue weighted by Crippen LogP contribution is 2.39. The molecular weight excluding hydrogens is 397 g/mol. The molecule has 148 valence electrons. The number of hydrogen-bond acceptors (Lipinski definition) is 4. The standard InChI is InChI=1S/C22H17ClFNO4/c23-12-7-8-17-15(10-12)20(26)18-19(14-5-1-2-6-16(14)24)25(22(27)21(18)29-17)11-13-4-3-9-28-13/h1-2,5-8,10,13,19H,3-4,9,11H2/t13-,19+/m0/s1. The Hall–Kier alpha value is -2.70. The van der Waals surface area contributed by atoms with Crippen LogP contribution in [0.1, 0.15) is 40.6 Å². The lowest BCUT2D eigenvalue weighted by Gasteiger charge is -2.27. The first-order valence-electron chi connectivity index (χ1n) is 9.48. The lowest BCUT2D eigenvalue weighted by molar-refractivity contribution is 0.0483. The Labute approximate surface area is 170 Å². The molecule has 5 rings (SSSR count). The molecular formula is C22H17ClFNO4. The summed E-state index contributed by atoms with van der Waals surface area (Å²) in [6, 6.07) is 9.96. The van der Waals surface area contributed by atoms with E-state index in [9.17, 15) is 14.0 Å². The van der Waals surface area contributed by atoms with Gasteiger partial charge in [0.2, 0.25) is 5.76 Å². The van der Waals surface area contributed by atoms with Gasteiger partial charge in [-0.2, -0.15) is 0 Å². The highest BCUT2D eigenvalue weighted by molar-refractivity contribution is 6.31. The number of benzene rings is 2. The third-order valence-corrected chi connectivity index (χ3v) is 5.79. The highest BCUT2D eigenvalue weighted by Gasteiger charge is 2.44. The molecule has 29 heavy (non-hydrogen) atoms. The van der Waals surface area contributed by atoms with Gasteiger partial charge in [0.15, 0.2) is 5.43 Å². The first-order valence-corrected chi connectivity index (χ1v) is 9.85. The summed E-state index contributed by atoms with van der Waals surface area (Å²) in [7, 11) is 0. The van der Waals surface area contributed by atoms with Crippen molar-refractivity contribution < 1.29 is 18.3 Å². The molecule has 1 amide bonds. The Morgan fingerprint density at radius 3 is 2.76 bits per heavy atom. The van der Waals surface area contributed by atoms with Gasteiger partial charge in [0.1, 0.15) is 11.4 Å². The van der Waals surface area contributed by atoms with Crippen LogP contribution in [0.3, 0.4) is 0 Å². The maximum Gasteiger partial charge on any atom is 0.291 e. The molecule has 0 radical (unpaired) electrons. The molecule has 0 saturated carbocycles. The van der Waals surface area contributed by atoms with Gasteiger partial charge < -0.3 is 14.1 Å². The monoisotopic (exact) mass is 413 g/mol. The first-order chi connectivity index (χ1) is 14.0. The third-order valence-electron chi connectivity index (χ3n) is 5.55.